The summed E-state index contributed by atoms with van der Waals surface area (Å²) in [4.78, 5) is 14.0. The first kappa shape index (κ1) is 10.2. The highest BCUT2D eigenvalue weighted by Crippen LogP contribution is 2.13. The number of nitrogens with zero attached hydrogens (tertiary/aromatic N) is 1. The van der Waals surface area contributed by atoms with Crippen LogP contribution in [0.3, 0.4) is 0 Å². The summed E-state index contributed by atoms with van der Waals surface area (Å²) in [6.07, 6.45) is 3.36. The predicted octanol–water partition coefficient (Wildman–Crippen LogP) is 0.549. The molecule has 0 spiro atoms. The van der Waals surface area contributed by atoms with E-state index in [0.717, 1.165) is 24.5 Å². The van der Waals surface area contributed by atoms with Crippen molar-refractivity contribution in [3.05, 3.63) is 47.1 Å². The lowest BCUT2D eigenvalue weighted by molar-refractivity contribution is 0.472. The van der Waals surface area contributed by atoms with Gasteiger partial charge in [-0.25, -0.2) is 4.79 Å². The van der Waals surface area contributed by atoms with Gasteiger partial charge in [-0.05, 0) is 24.3 Å². The van der Waals surface area contributed by atoms with Gasteiger partial charge in [0.2, 0.25) is 0 Å². The summed E-state index contributed by atoms with van der Waals surface area (Å²) < 4.78 is 1.58. The average molecular weight is 230 g/mol. The number of hydrogen-bond donors (Lipinski definition) is 3. The molecule has 1 aliphatic rings. The summed E-state index contributed by atoms with van der Waals surface area (Å²) in [5, 5.41) is 6.62. The molecule has 5 heteroatoms. The molecule has 1 aliphatic heterocycles. The lowest BCUT2D eigenvalue weighted by Gasteiger charge is -2.29. The highest BCUT2D eigenvalue weighted by atomic mass is 16.1. The van der Waals surface area contributed by atoms with Crippen LogP contribution in [0.5, 0.6) is 0 Å². The number of rotatable bonds is 3. The van der Waals surface area contributed by atoms with Crippen molar-refractivity contribution in [1.82, 2.24) is 14.9 Å². The molecule has 5 nitrogen and oxygen atoms in total. The molecule has 1 aromatic carbocycles. The van der Waals surface area contributed by atoms with Crippen LogP contribution in [-0.4, -0.2) is 28.7 Å². The van der Waals surface area contributed by atoms with Crippen LogP contribution in [0.1, 0.15) is 0 Å². The first-order valence-corrected chi connectivity index (χ1v) is 5.67. The SMILES string of the molecule is O=c1[nH]ccn1-c1ccc(NC2CNC2)cc1. The van der Waals surface area contributed by atoms with Crippen molar-refractivity contribution < 1.29 is 0 Å². The Balaban J connectivity index is 1.80. The largest absolute Gasteiger partial charge is 0.380 e. The monoisotopic (exact) mass is 230 g/mol. The first-order valence-electron chi connectivity index (χ1n) is 5.67. The molecule has 3 rings (SSSR count). The molecule has 0 unspecified atom stereocenters. The maximum absolute atomic E-state index is 11.4. The first-order chi connectivity index (χ1) is 8.33. The topological polar surface area (TPSA) is 61.9 Å². The van der Waals surface area contributed by atoms with E-state index in [4.69, 9.17) is 0 Å². The molecule has 2 heterocycles. The molecular weight excluding hydrogens is 216 g/mol. The number of anilines is 1. The van der Waals surface area contributed by atoms with E-state index in [2.05, 4.69) is 15.6 Å². The minimum absolute atomic E-state index is 0.117. The van der Waals surface area contributed by atoms with Gasteiger partial charge in [0.1, 0.15) is 0 Å². The number of H-pyrrole nitrogens is 1. The van der Waals surface area contributed by atoms with Crippen LogP contribution >= 0.6 is 0 Å². The molecule has 17 heavy (non-hydrogen) atoms. The van der Waals surface area contributed by atoms with Gasteiger partial charge >= 0.3 is 5.69 Å². The number of hydrogen-bond acceptors (Lipinski definition) is 3. The molecule has 0 bridgehead atoms. The van der Waals surface area contributed by atoms with Gasteiger partial charge in [0.15, 0.2) is 0 Å². The van der Waals surface area contributed by atoms with Gasteiger partial charge in [-0.15, -0.1) is 0 Å². The second-order valence-electron chi connectivity index (χ2n) is 4.18. The van der Waals surface area contributed by atoms with Crippen molar-refractivity contribution in [3.8, 4) is 5.69 Å². The van der Waals surface area contributed by atoms with Gasteiger partial charge in [0, 0.05) is 31.2 Å². The Kier molecular flexibility index (Phi) is 2.45. The normalized spacial score (nSPS) is 15.5. The molecule has 0 amide bonds. The summed E-state index contributed by atoms with van der Waals surface area (Å²) in [5.74, 6) is 0. The van der Waals surface area contributed by atoms with Crippen molar-refractivity contribution in [2.75, 3.05) is 18.4 Å². The Morgan fingerprint density at radius 1 is 1.24 bits per heavy atom. The zero-order chi connectivity index (χ0) is 11.7. The van der Waals surface area contributed by atoms with E-state index < -0.39 is 0 Å². The van der Waals surface area contributed by atoms with E-state index in [9.17, 15) is 4.79 Å². The summed E-state index contributed by atoms with van der Waals surface area (Å²) in [6, 6.07) is 8.38. The Bertz CT molecular complexity index is 550. The van der Waals surface area contributed by atoms with Crippen LogP contribution in [-0.2, 0) is 0 Å². The fourth-order valence-electron chi connectivity index (χ4n) is 1.87. The van der Waals surface area contributed by atoms with Crippen molar-refractivity contribution >= 4 is 5.69 Å². The van der Waals surface area contributed by atoms with Gasteiger partial charge in [-0.3, -0.25) is 4.57 Å². The third kappa shape index (κ3) is 1.97. The second kappa shape index (κ2) is 4.10. The van der Waals surface area contributed by atoms with E-state index >= 15 is 0 Å². The standard InChI is InChI=1S/C12H14N4O/c17-12-14-5-6-16(12)11-3-1-9(2-4-11)15-10-7-13-8-10/h1-6,10,13,15H,7-8H2,(H,14,17). The van der Waals surface area contributed by atoms with E-state index in [0.29, 0.717) is 6.04 Å². The van der Waals surface area contributed by atoms with Gasteiger partial charge in [-0.2, -0.15) is 0 Å². The molecule has 0 atom stereocenters. The maximum atomic E-state index is 11.4. The van der Waals surface area contributed by atoms with Crippen LogP contribution < -0.4 is 16.3 Å². The number of imidazole rings is 1. The number of nitrogens with one attached hydrogen (secondary N) is 3. The molecule has 0 radical (unpaired) electrons. The van der Waals surface area contributed by atoms with Crippen LogP contribution in [0.25, 0.3) is 5.69 Å². The lowest BCUT2D eigenvalue weighted by atomic mass is 10.1. The molecule has 1 fully saturated rings. The zero-order valence-corrected chi connectivity index (χ0v) is 9.31. The van der Waals surface area contributed by atoms with E-state index in [1.54, 1.807) is 17.0 Å². The quantitative estimate of drug-likeness (QED) is 0.721. The smallest absolute Gasteiger partial charge is 0.330 e. The molecule has 88 valence electrons. The van der Waals surface area contributed by atoms with E-state index in [1.807, 2.05) is 24.3 Å². The van der Waals surface area contributed by atoms with Crippen molar-refractivity contribution in [2.45, 2.75) is 6.04 Å². The van der Waals surface area contributed by atoms with Gasteiger partial charge in [-0.1, -0.05) is 0 Å². The van der Waals surface area contributed by atoms with Crippen molar-refractivity contribution in [1.29, 1.82) is 0 Å². The molecular formula is C12H14N4O. The average Bonchev–Trinajstić information content (AvgIpc) is 2.71. The van der Waals surface area contributed by atoms with Crippen molar-refractivity contribution in [3.63, 3.8) is 0 Å². The highest BCUT2D eigenvalue weighted by molar-refractivity contribution is 5.49. The fourth-order valence-corrected chi connectivity index (χ4v) is 1.87. The van der Waals surface area contributed by atoms with Crippen LogP contribution in [0, 0.1) is 0 Å². The Morgan fingerprint density at radius 2 is 2.00 bits per heavy atom. The van der Waals surface area contributed by atoms with Crippen LogP contribution in [0.4, 0.5) is 5.69 Å². The molecule has 2 aromatic rings. The Hall–Kier alpha value is -2.01. The van der Waals surface area contributed by atoms with Crippen LogP contribution in [0.2, 0.25) is 0 Å². The van der Waals surface area contributed by atoms with E-state index in [1.165, 1.54) is 0 Å². The van der Waals surface area contributed by atoms with E-state index in [-0.39, 0.29) is 5.69 Å². The number of aromatic amines is 1. The van der Waals surface area contributed by atoms with Gasteiger partial charge in [0.05, 0.1) is 11.7 Å². The molecule has 3 N–H and O–H groups in total. The number of benzene rings is 1. The minimum atomic E-state index is -0.117. The highest BCUT2D eigenvalue weighted by Gasteiger charge is 2.15. The molecule has 0 saturated carbocycles. The van der Waals surface area contributed by atoms with Crippen molar-refractivity contribution in [2.24, 2.45) is 0 Å². The fraction of sp³-hybridized carbons (Fsp3) is 0.250. The summed E-state index contributed by atoms with van der Waals surface area (Å²) in [5.41, 5.74) is 1.84. The minimum Gasteiger partial charge on any atom is -0.380 e. The summed E-state index contributed by atoms with van der Waals surface area (Å²) >= 11 is 0. The number of aromatic nitrogens is 2. The molecule has 0 aliphatic carbocycles. The maximum Gasteiger partial charge on any atom is 0.330 e. The lowest BCUT2D eigenvalue weighted by Crippen LogP contribution is -2.51. The third-order valence-electron chi connectivity index (χ3n) is 2.95. The third-order valence-corrected chi connectivity index (χ3v) is 2.95. The Labute approximate surface area is 98.5 Å². The second-order valence-corrected chi connectivity index (χ2v) is 4.18. The van der Waals surface area contributed by atoms with Gasteiger partial charge in [0.25, 0.3) is 0 Å². The van der Waals surface area contributed by atoms with Crippen LogP contribution in [0.15, 0.2) is 41.5 Å². The van der Waals surface area contributed by atoms with Gasteiger partial charge < -0.3 is 15.6 Å². The Morgan fingerprint density at radius 3 is 2.53 bits per heavy atom. The predicted molar refractivity (Wildman–Crippen MR) is 66.7 cm³/mol. The zero-order valence-electron chi connectivity index (χ0n) is 9.31. The summed E-state index contributed by atoms with van der Waals surface area (Å²) in [6.45, 7) is 2.03. The molecule has 1 saturated heterocycles. The molecule has 1 aromatic heterocycles. The summed E-state index contributed by atoms with van der Waals surface area (Å²) in [7, 11) is 0.